The predicted molar refractivity (Wildman–Crippen MR) is 559 cm³/mol. The summed E-state index contributed by atoms with van der Waals surface area (Å²) in [5.41, 5.74) is 35.8. The van der Waals surface area contributed by atoms with Gasteiger partial charge in [-0.05, 0) is 140 Å². The Labute approximate surface area is 799 Å². The van der Waals surface area contributed by atoms with Crippen molar-refractivity contribution in [2.24, 2.45) is 0 Å². The minimum Gasteiger partial charge on any atom is -0.316 e. The molecule has 0 unspecified atom stereocenters. The van der Waals surface area contributed by atoms with Crippen molar-refractivity contribution in [3.8, 4) is 220 Å². The van der Waals surface area contributed by atoms with Crippen LogP contribution in [-0.4, -0.2) is 73.5 Å². The maximum absolute atomic E-state index is 5.06. The van der Waals surface area contributed by atoms with E-state index >= 15 is 0 Å². The highest BCUT2D eigenvalue weighted by Gasteiger charge is 2.31. The van der Waals surface area contributed by atoms with Gasteiger partial charge in [0.05, 0.1) is 39.3 Å². The lowest BCUT2D eigenvalue weighted by atomic mass is 9.95. The van der Waals surface area contributed by atoms with Crippen LogP contribution in [0.15, 0.2) is 468 Å². The number of benzene rings is 16. The molecule has 0 saturated heterocycles. The number of fused-ring (bicyclic) bond motifs is 16. The van der Waals surface area contributed by atoms with Crippen LogP contribution in [0, 0.1) is 0 Å². The lowest BCUT2D eigenvalue weighted by molar-refractivity contribution is 1.07. The Bertz CT molecular complexity index is 8950. The van der Waals surface area contributed by atoms with Gasteiger partial charge in [0.1, 0.15) is 0 Å². The molecule has 648 valence electrons. The fourth-order valence-electron chi connectivity index (χ4n) is 20.1. The van der Waals surface area contributed by atoms with Crippen LogP contribution >= 0.6 is 0 Å². The number of nitrogens with zero attached hydrogens (tertiary/aromatic N) is 15. The zero-order valence-corrected chi connectivity index (χ0v) is 74.7. The van der Waals surface area contributed by atoms with Crippen molar-refractivity contribution < 1.29 is 0 Å². The van der Waals surface area contributed by atoms with Crippen LogP contribution in [0.25, 0.3) is 264 Å². The first-order valence-electron chi connectivity index (χ1n) is 46.4. The molecule has 28 rings (SSSR count). The molecule has 0 radical (unpaired) electrons. The Hall–Kier alpha value is -19.1. The second kappa shape index (κ2) is 34.2. The molecule has 0 amide bonds. The highest BCUT2D eigenvalue weighted by molar-refractivity contribution is 6.17. The van der Waals surface area contributed by atoms with Crippen LogP contribution < -0.4 is 0 Å². The quantitative estimate of drug-likeness (QED) is 0.114. The molecule has 0 aliphatic heterocycles. The molecular formula is C124H77N15. The van der Waals surface area contributed by atoms with Crippen LogP contribution in [0.1, 0.15) is 0 Å². The standard InChI is InChI=1S/C44H27N5.2C40H25N5/c1-3-13-28(14-4-1)42-46-43(29-15-5-2-6-16-29)48-44(47-42)36-24-25-38(33-20-10-9-19-32(33)36)49-27-37-40-34(21-11-23-39(40)49)30-17-7-8-18-31(30)35-22-12-26-45-41(35)37;1-3-12-26(13-4-1)38-42-39(27-14-5-2-6-15-27)44-40(43-38)28-16-9-17-29(24-28)45-25-34-36-32(20-10-22-35(36)45)30-18-7-8-19-31(30)33-21-11-23-41-37(33)34;1-3-11-26(12-4-1)38-42-39(27-13-5-2-6-14-27)44-40(43-38)28-20-22-29(23-21-28)45-25-34-36-32(17-9-19-35(36)45)30-15-7-8-16-31(30)33-18-10-24-41-37(33)34/h1-27H;2*1-25H. The van der Waals surface area contributed by atoms with E-state index in [0.717, 1.165) is 145 Å². The van der Waals surface area contributed by atoms with E-state index in [-0.39, 0.29) is 0 Å². The lowest BCUT2D eigenvalue weighted by Gasteiger charge is -2.15. The molecule has 3 aliphatic carbocycles. The number of pyridine rings is 3. The first-order valence-corrected chi connectivity index (χ1v) is 46.4. The average molecular weight is 1780 g/mol. The van der Waals surface area contributed by atoms with E-state index in [2.05, 4.69) is 263 Å². The molecule has 139 heavy (non-hydrogen) atoms. The molecule has 15 heteroatoms. The van der Waals surface area contributed by atoms with Gasteiger partial charge in [0.25, 0.3) is 0 Å². The Kier molecular flexibility index (Phi) is 19.8. The van der Waals surface area contributed by atoms with Gasteiger partial charge in [-0.25, -0.2) is 44.9 Å². The molecule has 25 aromatic rings. The zero-order valence-electron chi connectivity index (χ0n) is 74.7. The minimum atomic E-state index is 0.629. The summed E-state index contributed by atoms with van der Waals surface area (Å²) in [6, 6.07) is 148. The van der Waals surface area contributed by atoms with Gasteiger partial charge in [-0.3, -0.25) is 15.0 Å². The molecule has 0 saturated carbocycles. The Balaban J connectivity index is 0.000000108. The smallest absolute Gasteiger partial charge is 0.164 e. The molecule has 3 aliphatic rings. The molecule has 0 atom stereocenters. The maximum atomic E-state index is 5.06. The molecule has 9 aromatic heterocycles. The van der Waals surface area contributed by atoms with E-state index in [0.29, 0.717) is 52.4 Å². The Morgan fingerprint density at radius 2 is 0.417 bits per heavy atom. The van der Waals surface area contributed by atoms with Crippen molar-refractivity contribution in [1.82, 2.24) is 73.5 Å². The summed E-state index contributed by atoms with van der Waals surface area (Å²) >= 11 is 0. The van der Waals surface area contributed by atoms with Crippen LogP contribution in [0.5, 0.6) is 0 Å². The van der Waals surface area contributed by atoms with Gasteiger partial charge in [-0.1, -0.05) is 346 Å². The molecule has 15 nitrogen and oxygen atoms in total. The van der Waals surface area contributed by atoms with E-state index in [1.165, 1.54) is 66.2 Å². The van der Waals surface area contributed by atoms with Gasteiger partial charge < -0.3 is 13.7 Å². The molecule has 0 N–H and O–H groups in total. The third-order valence-corrected chi connectivity index (χ3v) is 26.5. The minimum absolute atomic E-state index is 0.629. The van der Waals surface area contributed by atoms with Crippen molar-refractivity contribution in [1.29, 1.82) is 0 Å². The zero-order chi connectivity index (χ0) is 91.8. The van der Waals surface area contributed by atoms with Crippen molar-refractivity contribution in [3.05, 3.63) is 468 Å². The fraction of sp³-hybridized carbons (Fsp3) is 0. The second-order valence-corrected chi connectivity index (χ2v) is 34.6. The largest absolute Gasteiger partial charge is 0.316 e. The molecule has 0 fully saturated rings. The summed E-state index contributed by atoms with van der Waals surface area (Å²) in [4.78, 5) is 59.2. The van der Waals surface area contributed by atoms with Crippen molar-refractivity contribution in [3.63, 3.8) is 0 Å². The van der Waals surface area contributed by atoms with E-state index in [1.807, 2.05) is 219 Å². The normalized spacial score (nSPS) is 11.6. The molecular weight excluding hydrogens is 1700 g/mol. The number of hydrogen-bond acceptors (Lipinski definition) is 12. The van der Waals surface area contributed by atoms with Crippen molar-refractivity contribution in [2.75, 3.05) is 0 Å². The van der Waals surface area contributed by atoms with Gasteiger partial charge in [-0.2, -0.15) is 0 Å². The molecule has 9 heterocycles. The van der Waals surface area contributed by atoms with Gasteiger partial charge >= 0.3 is 0 Å². The van der Waals surface area contributed by atoms with Crippen LogP contribution in [0.4, 0.5) is 0 Å². The van der Waals surface area contributed by atoms with Gasteiger partial charge in [0.15, 0.2) is 52.4 Å². The lowest BCUT2D eigenvalue weighted by Crippen LogP contribution is -2.01. The van der Waals surface area contributed by atoms with E-state index in [1.54, 1.807) is 0 Å². The first kappa shape index (κ1) is 80.7. The molecule has 16 aromatic carbocycles. The topological polar surface area (TPSA) is 169 Å². The van der Waals surface area contributed by atoms with Crippen molar-refractivity contribution in [2.45, 2.75) is 0 Å². The van der Waals surface area contributed by atoms with Gasteiger partial charge in [0.2, 0.25) is 0 Å². The average Bonchev–Trinajstić information content (AvgIpc) is 1.58. The van der Waals surface area contributed by atoms with Crippen molar-refractivity contribution >= 4 is 43.5 Å². The summed E-state index contributed by atoms with van der Waals surface area (Å²) in [5.74, 6) is 5.79. The van der Waals surface area contributed by atoms with Crippen LogP contribution in [-0.2, 0) is 0 Å². The molecule has 0 bridgehead atoms. The summed E-state index contributed by atoms with van der Waals surface area (Å²) in [7, 11) is 0. The highest BCUT2D eigenvalue weighted by Crippen LogP contribution is 2.53. The van der Waals surface area contributed by atoms with Gasteiger partial charge in [0, 0.05) is 154 Å². The first-order chi connectivity index (χ1) is 68.9. The molecule has 0 spiro atoms. The summed E-state index contributed by atoms with van der Waals surface area (Å²) in [5, 5.41) is 5.79. The van der Waals surface area contributed by atoms with E-state index in [9.17, 15) is 0 Å². The maximum Gasteiger partial charge on any atom is 0.164 e. The van der Waals surface area contributed by atoms with Gasteiger partial charge in [-0.15, -0.1) is 0 Å². The monoisotopic (exact) mass is 1780 g/mol. The summed E-state index contributed by atoms with van der Waals surface area (Å²) in [6.07, 6.45) is 12.4. The third-order valence-electron chi connectivity index (χ3n) is 26.5. The SMILES string of the molecule is c1ccc(-c2nc(-c3ccccc3)nc(-c3ccc(-n4cc5c6c(cccc64)-c4ccccc4-c4cccnc4-5)c4ccccc34)n2)cc1.c1ccc(-c2nc(-c3ccccc3)nc(-c3ccc(-n4cc5c6c(cccc64)-c4ccccc4-c4cccnc4-5)cc3)n2)cc1.c1ccc(-c2nc(-c3ccccc3)nc(-c3cccc(-n4cc5c6c(cccc64)-c4ccccc4-c4cccnc4-5)c3)n2)cc1. The number of hydrogen-bond donors (Lipinski definition) is 0. The third kappa shape index (κ3) is 14.3. The summed E-state index contributed by atoms with van der Waals surface area (Å²) < 4.78 is 6.86. The number of aromatic nitrogens is 15. The second-order valence-electron chi connectivity index (χ2n) is 34.6. The van der Waals surface area contributed by atoms with E-state index < -0.39 is 0 Å². The number of rotatable bonds is 12. The highest BCUT2D eigenvalue weighted by atomic mass is 15.1. The Morgan fingerprint density at radius 3 is 0.784 bits per heavy atom. The van der Waals surface area contributed by atoms with Crippen LogP contribution in [0.3, 0.4) is 0 Å². The Morgan fingerprint density at radius 1 is 0.151 bits per heavy atom. The van der Waals surface area contributed by atoms with E-state index in [4.69, 9.17) is 59.8 Å². The van der Waals surface area contributed by atoms with Crippen LogP contribution in [0.2, 0.25) is 0 Å². The predicted octanol–water partition coefficient (Wildman–Crippen LogP) is 29.7. The summed E-state index contributed by atoms with van der Waals surface area (Å²) in [6.45, 7) is 0. The fourth-order valence-corrected chi connectivity index (χ4v) is 20.1.